The number of carboxylic acid groups (broad SMARTS) is 1. The number of carbonyl (C=O) groups is 2. The number of nitrogens with one attached hydrogen (secondary N) is 1. The standard InChI is InChI=1S/C11H7Cl2N3O3S/c1-4-8(11(18)19)10(20-16-4)15-9(17)5-2-7(13)14-3-6(5)12/h2-3H,1H3,(H,15,17)(H,18,19). The minimum absolute atomic E-state index is 0.0420. The number of hydrogen-bond acceptors (Lipinski definition) is 5. The summed E-state index contributed by atoms with van der Waals surface area (Å²) in [6.45, 7) is 1.55. The third-order valence-corrected chi connectivity index (χ3v) is 3.73. The van der Waals surface area contributed by atoms with E-state index in [0.717, 1.165) is 11.5 Å². The van der Waals surface area contributed by atoms with Crippen LogP contribution in [0.15, 0.2) is 12.3 Å². The molecule has 0 bridgehead atoms. The molecular formula is C11H7Cl2N3O3S. The van der Waals surface area contributed by atoms with Crippen LogP contribution in [-0.4, -0.2) is 26.3 Å². The van der Waals surface area contributed by atoms with Gasteiger partial charge in [-0.25, -0.2) is 9.78 Å². The number of carbonyl (C=O) groups excluding carboxylic acids is 1. The minimum Gasteiger partial charge on any atom is -0.478 e. The molecule has 0 atom stereocenters. The molecule has 9 heteroatoms. The third-order valence-electron chi connectivity index (χ3n) is 2.37. The maximum absolute atomic E-state index is 12.1. The average molecular weight is 332 g/mol. The number of pyridine rings is 1. The molecule has 1 amide bonds. The number of aromatic carboxylic acids is 1. The zero-order valence-electron chi connectivity index (χ0n) is 9.98. The number of aryl methyl sites for hydroxylation is 1. The Morgan fingerprint density at radius 2 is 2.10 bits per heavy atom. The van der Waals surface area contributed by atoms with E-state index in [2.05, 4.69) is 14.7 Å². The number of anilines is 1. The first-order valence-electron chi connectivity index (χ1n) is 5.22. The van der Waals surface area contributed by atoms with Gasteiger partial charge in [0.05, 0.1) is 16.3 Å². The van der Waals surface area contributed by atoms with Crippen molar-refractivity contribution in [2.45, 2.75) is 6.92 Å². The number of amides is 1. The zero-order valence-corrected chi connectivity index (χ0v) is 12.3. The van der Waals surface area contributed by atoms with Crippen LogP contribution in [0.2, 0.25) is 10.2 Å². The maximum Gasteiger partial charge on any atom is 0.340 e. The highest BCUT2D eigenvalue weighted by atomic mass is 35.5. The summed E-state index contributed by atoms with van der Waals surface area (Å²) in [4.78, 5) is 26.9. The van der Waals surface area contributed by atoms with Crippen LogP contribution in [-0.2, 0) is 0 Å². The summed E-state index contributed by atoms with van der Waals surface area (Å²) in [5, 5.41) is 11.9. The molecule has 0 saturated carbocycles. The number of halogens is 2. The highest BCUT2D eigenvalue weighted by Gasteiger charge is 2.21. The van der Waals surface area contributed by atoms with Gasteiger partial charge in [-0.1, -0.05) is 23.2 Å². The van der Waals surface area contributed by atoms with Gasteiger partial charge < -0.3 is 10.4 Å². The lowest BCUT2D eigenvalue weighted by molar-refractivity contribution is 0.0697. The first kappa shape index (κ1) is 14.7. The van der Waals surface area contributed by atoms with Crippen molar-refractivity contribution in [2.75, 3.05) is 5.32 Å². The molecule has 2 rings (SSSR count). The van der Waals surface area contributed by atoms with Gasteiger partial charge in [-0.3, -0.25) is 4.79 Å². The zero-order chi connectivity index (χ0) is 14.9. The fourth-order valence-corrected chi connectivity index (χ4v) is 2.60. The van der Waals surface area contributed by atoms with Crippen molar-refractivity contribution in [3.63, 3.8) is 0 Å². The predicted octanol–water partition coefficient (Wildman–Crippen LogP) is 3.10. The molecule has 0 unspecified atom stereocenters. The molecule has 2 aromatic heterocycles. The van der Waals surface area contributed by atoms with Crippen molar-refractivity contribution < 1.29 is 14.7 Å². The Kier molecular flexibility index (Phi) is 4.22. The molecular weight excluding hydrogens is 325 g/mol. The topological polar surface area (TPSA) is 92.2 Å². The van der Waals surface area contributed by atoms with Gasteiger partial charge in [-0.15, -0.1) is 0 Å². The van der Waals surface area contributed by atoms with Gasteiger partial charge >= 0.3 is 5.97 Å². The Labute approximate surface area is 127 Å². The molecule has 0 radical (unpaired) electrons. The Balaban J connectivity index is 2.33. The molecule has 2 N–H and O–H groups in total. The Bertz CT molecular complexity index is 702. The Morgan fingerprint density at radius 1 is 1.40 bits per heavy atom. The van der Waals surface area contributed by atoms with Crippen LogP contribution in [0.5, 0.6) is 0 Å². The SMILES string of the molecule is Cc1nsc(NC(=O)c2cc(Cl)ncc2Cl)c1C(=O)O. The molecule has 0 aliphatic heterocycles. The van der Waals surface area contributed by atoms with Crippen molar-refractivity contribution in [3.8, 4) is 0 Å². The summed E-state index contributed by atoms with van der Waals surface area (Å²) >= 11 is 12.4. The van der Waals surface area contributed by atoms with Gasteiger partial charge in [0, 0.05) is 6.20 Å². The molecule has 0 aliphatic rings. The Morgan fingerprint density at radius 3 is 2.75 bits per heavy atom. The van der Waals surface area contributed by atoms with Crippen LogP contribution < -0.4 is 5.32 Å². The second-order valence-electron chi connectivity index (χ2n) is 3.72. The van der Waals surface area contributed by atoms with E-state index in [1.165, 1.54) is 12.3 Å². The van der Waals surface area contributed by atoms with Gasteiger partial charge in [-0.05, 0) is 24.5 Å². The predicted molar refractivity (Wildman–Crippen MR) is 76.0 cm³/mol. The lowest BCUT2D eigenvalue weighted by Gasteiger charge is -2.05. The van der Waals surface area contributed by atoms with Crippen LogP contribution >= 0.6 is 34.7 Å². The number of carboxylic acids is 1. The van der Waals surface area contributed by atoms with Gasteiger partial charge in [-0.2, -0.15) is 4.37 Å². The van der Waals surface area contributed by atoms with E-state index in [-0.39, 0.29) is 26.3 Å². The van der Waals surface area contributed by atoms with E-state index in [0.29, 0.717) is 5.69 Å². The monoisotopic (exact) mass is 331 g/mol. The van der Waals surface area contributed by atoms with Crippen molar-refractivity contribution >= 4 is 51.6 Å². The van der Waals surface area contributed by atoms with Gasteiger partial charge in [0.1, 0.15) is 15.7 Å². The molecule has 2 aromatic rings. The van der Waals surface area contributed by atoms with E-state index in [4.69, 9.17) is 28.3 Å². The molecule has 0 aliphatic carbocycles. The maximum atomic E-state index is 12.1. The number of rotatable bonds is 3. The summed E-state index contributed by atoms with van der Waals surface area (Å²) in [5.41, 5.74) is 0.394. The second-order valence-corrected chi connectivity index (χ2v) is 5.29. The van der Waals surface area contributed by atoms with E-state index >= 15 is 0 Å². The molecule has 6 nitrogen and oxygen atoms in total. The molecule has 0 fully saturated rings. The Hall–Kier alpha value is -1.70. The third kappa shape index (κ3) is 2.90. The first-order chi connectivity index (χ1) is 9.40. The summed E-state index contributed by atoms with van der Waals surface area (Å²) in [7, 11) is 0. The highest BCUT2D eigenvalue weighted by Crippen LogP contribution is 2.26. The lowest BCUT2D eigenvalue weighted by atomic mass is 10.2. The number of aromatic nitrogens is 2. The van der Waals surface area contributed by atoms with Crippen molar-refractivity contribution in [1.29, 1.82) is 0 Å². The fourth-order valence-electron chi connectivity index (χ4n) is 1.46. The van der Waals surface area contributed by atoms with E-state index in [1.54, 1.807) is 6.92 Å². The first-order valence-corrected chi connectivity index (χ1v) is 6.75. The molecule has 20 heavy (non-hydrogen) atoms. The molecule has 104 valence electrons. The lowest BCUT2D eigenvalue weighted by Crippen LogP contribution is -2.14. The number of hydrogen-bond donors (Lipinski definition) is 2. The van der Waals surface area contributed by atoms with Crippen molar-refractivity contribution in [3.05, 3.63) is 39.3 Å². The van der Waals surface area contributed by atoms with Crippen molar-refractivity contribution in [2.24, 2.45) is 0 Å². The van der Waals surface area contributed by atoms with Crippen LogP contribution in [0, 0.1) is 6.92 Å². The van der Waals surface area contributed by atoms with E-state index in [9.17, 15) is 9.59 Å². The van der Waals surface area contributed by atoms with Crippen LogP contribution in [0.1, 0.15) is 26.4 Å². The number of nitrogens with zero attached hydrogens (tertiary/aromatic N) is 2. The minimum atomic E-state index is -1.16. The van der Waals surface area contributed by atoms with E-state index < -0.39 is 11.9 Å². The van der Waals surface area contributed by atoms with Crippen molar-refractivity contribution in [1.82, 2.24) is 9.36 Å². The smallest absolute Gasteiger partial charge is 0.340 e. The van der Waals surface area contributed by atoms with Gasteiger partial charge in [0.2, 0.25) is 0 Å². The summed E-state index contributed by atoms with van der Waals surface area (Å²) in [6, 6.07) is 1.30. The fraction of sp³-hybridized carbons (Fsp3) is 0.0909. The molecule has 2 heterocycles. The largest absolute Gasteiger partial charge is 0.478 e. The highest BCUT2D eigenvalue weighted by molar-refractivity contribution is 7.11. The molecule has 0 aromatic carbocycles. The molecule has 0 saturated heterocycles. The quantitative estimate of drug-likeness (QED) is 0.843. The summed E-state index contributed by atoms with van der Waals surface area (Å²) in [6.07, 6.45) is 1.24. The average Bonchev–Trinajstić information content (AvgIpc) is 2.73. The van der Waals surface area contributed by atoms with Crippen LogP contribution in [0.25, 0.3) is 0 Å². The van der Waals surface area contributed by atoms with E-state index in [1.807, 2.05) is 0 Å². The summed E-state index contributed by atoms with van der Waals surface area (Å²) < 4.78 is 3.90. The van der Waals surface area contributed by atoms with Crippen LogP contribution in [0.4, 0.5) is 5.00 Å². The molecule has 0 spiro atoms. The van der Waals surface area contributed by atoms with Crippen LogP contribution in [0.3, 0.4) is 0 Å². The summed E-state index contributed by atoms with van der Waals surface area (Å²) in [5.74, 6) is -1.74. The van der Waals surface area contributed by atoms with Gasteiger partial charge in [0.25, 0.3) is 5.91 Å². The second kappa shape index (κ2) is 5.74. The van der Waals surface area contributed by atoms with Gasteiger partial charge in [0.15, 0.2) is 0 Å². The normalized spacial score (nSPS) is 10.3.